The predicted octanol–water partition coefficient (Wildman–Crippen LogP) is 3.34. The van der Waals surface area contributed by atoms with Crippen molar-refractivity contribution in [2.24, 2.45) is 7.05 Å². The van der Waals surface area contributed by atoms with Crippen LogP contribution in [0.1, 0.15) is 11.1 Å². The molecule has 0 radical (unpaired) electrons. The highest BCUT2D eigenvalue weighted by Gasteiger charge is 2.17. The molecular weight excluding hydrogens is 304 g/mol. The van der Waals surface area contributed by atoms with Gasteiger partial charge in [0.15, 0.2) is 0 Å². The van der Waals surface area contributed by atoms with E-state index in [1.165, 1.54) is 4.57 Å². The summed E-state index contributed by atoms with van der Waals surface area (Å²) in [5, 5.41) is 23.7. The van der Waals surface area contributed by atoms with Crippen LogP contribution in [0.2, 0.25) is 0 Å². The van der Waals surface area contributed by atoms with E-state index in [9.17, 15) is 15.0 Å². The fourth-order valence-electron chi connectivity index (χ4n) is 2.72. The number of rotatable bonds is 3. The van der Waals surface area contributed by atoms with Crippen LogP contribution in [0.25, 0.3) is 16.6 Å². The van der Waals surface area contributed by atoms with Crippen molar-refractivity contribution in [1.29, 1.82) is 0 Å². The van der Waals surface area contributed by atoms with Crippen LogP contribution in [0, 0.1) is 6.92 Å². The van der Waals surface area contributed by atoms with E-state index in [4.69, 9.17) is 0 Å². The van der Waals surface area contributed by atoms with Gasteiger partial charge in [-0.2, -0.15) is 0 Å². The van der Waals surface area contributed by atoms with Gasteiger partial charge in [-0.25, -0.2) is 0 Å². The smallest absolute Gasteiger partial charge is 0.263 e. The van der Waals surface area contributed by atoms with Crippen molar-refractivity contribution in [2.75, 3.05) is 5.32 Å². The van der Waals surface area contributed by atoms with Crippen molar-refractivity contribution in [3.8, 4) is 11.5 Å². The first kappa shape index (κ1) is 15.7. The number of nitrogens with one attached hydrogen (secondary N) is 1. The van der Waals surface area contributed by atoms with E-state index in [1.54, 1.807) is 50.4 Å². The zero-order chi connectivity index (χ0) is 17.4. The summed E-state index contributed by atoms with van der Waals surface area (Å²) >= 11 is 0. The molecule has 0 aliphatic heterocycles. The zero-order valence-corrected chi connectivity index (χ0v) is 13.5. The van der Waals surface area contributed by atoms with Gasteiger partial charge in [0.25, 0.3) is 5.56 Å². The summed E-state index contributed by atoms with van der Waals surface area (Å²) < 4.78 is 1.49. The lowest BCUT2D eigenvalue weighted by Gasteiger charge is -2.15. The van der Waals surface area contributed by atoms with Crippen LogP contribution in [0.4, 0.5) is 5.69 Å². The summed E-state index contributed by atoms with van der Waals surface area (Å²) in [5.74, 6) is 0.0947. The van der Waals surface area contributed by atoms with Crippen molar-refractivity contribution in [2.45, 2.75) is 6.92 Å². The second kappa shape index (κ2) is 5.77. The largest absolute Gasteiger partial charge is 0.508 e. The number of pyridine rings is 1. The number of aromatic nitrogens is 1. The number of para-hydroxylation sites is 1. The monoisotopic (exact) mass is 322 g/mol. The lowest BCUT2D eigenvalue weighted by atomic mass is 10.1. The van der Waals surface area contributed by atoms with Crippen LogP contribution >= 0.6 is 0 Å². The van der Waals surface area contributed by atoms with E-state index >= 15 is 0 Å². The molecule has 1 aromatic heterocycles. The molecule has 0 unspecified atom stereocenters. The number of aryl methyl sites for hydroxylation is 2. The molecule has 122 valence electrons. The summed E-state index contributed by atoms with van der Waals surface area (Å²) in [7, 11) is 1.66. The Morgan fingerprint density at radius 2 is 1.88 bits per heavy atom. The van der Waals surface area contributed by atoms with Gasteiger partial charge in [-0.3, -0.25) is 4.79 Å². The summed E-state index contributed by atoms with van der Waals surface area (Å²) in [6.07, 6.45) is 0. The minimum atomic E-state index is -0.334. The quantitative estimate of drug-likeness (QED) is 0.647. The number of aromatic hydroxyl groups is 2. The maximum Gasteiger partial charge on any atom is 0.263 e. The molecule has 3 N–H and O–H groups in total. The van der Waals surface area contributed by atoms with Crippen molar-refractivity contribution in [3.05, 3.63) is 70.5 Å². The summed E-state index contributed by atoms with van der Waals surface area (Å²) in [4.78, 5) is 12.6. The molecule has 5 nitrogen and oxygen atoms in total. The van der Waals surface area contributed by atoms with E-state index in [-0.39, 0.29) is 22.6 Å². The molecule has 1 heterocycles. The minimum Gasteiger partial charge on any atom is -0.508 e. The average Bonchev–Trinajstić information content (AvgIpc) is 2.56. The van der Waals surface area contributed by atoms with E-state index in [0.29, 0.717) is 27.9 Å². The molecule has 0 spiro atoms. The van der Waals surface area contributed by atoms with Gasteiger partial charge in [0.1, 0.15) is 17.1 Å². The third-order valence-electron chi connectivity index (χ3n) is 4.07. The Bertz CT molecular complexity index is 1020. The van der Waals surface area contributed by atoms with Gasteiger partial charge in [-0.15, -0.1) is 0 Å². The molecule has 2 aromatic carbocycles. The summed E-state index contributed by atoms with van der Waals surface area (Å²) in [5.41, 5.74) is 2.11. The first-order valence-electron chi connectivity index (χ1n) is 7.46. The van der Waals surface area contributed by atoms with Crippen molar-refractivity contribution in [1.82, 2.24) is 4.57 Å². The Kier molecular flexibility index (Phi) is 3.77. The molecule has 0 bridgehead atoms. The standard InChI is InChI=1S/C19H18N2O3/c1-11-10-13(8-9-16(11)22)20-12(2)17-18(23)14-6-4-5-7-15(14)21(3)19(17)24/h4-10,20,22-23H,2H2,1,3H3. The van der Waals surface area contributed by atoms with Gasteiger partial charge >= 0.3 is 0 Å². The third kappa shape index (κ3) is 2.50. The Morgan fingerprint density at radius 1 is 1.17 bits per heavy atom. The Labute approximate surface area is 139 Å². The number of anilines is 1. The SMILES string of the molecule is C=C(Nc1ccc(O)c(C)c1)c1c(O)c2ccccc2n(C)c1=O. The number of nitrogens with zero attached hydrogens (tertiary/aromatic N) is 1. The number of benzene rings is 2. The number of phenolic OH excluding ortho intramolecular Hbond substituents is 1. The molecule has 3 aromatic rings. The molecule has 0 amide bonds. The Hall–Kier alpha value is -3.21. The second-order valence-corrected chi connectivity index (χ2v) is 5.71. The van der Waals surface area contributed by atoms with Gasteiger partial charge in [-0.1, -0.05) is 18.7 Å². The molecular formula is C19H18N2O3. The Balaban J connectivity index is 2.10. The van der Waals surface area contributed by atoms with Crippen LogP contribution in [0.5, 0.6) is 11.5 Å². The normalized spacial score (nSPS) is 10.8. The van der Waals surface area contributed by atoms with E-state index < -0.39 is 0 Å². The predicted molar refractivity (Wildman–Crippen MR) is 96.4 cm³/mol. The zero-order valence-electron chi connectivity index (χ0n) is 13.5. The number of hydrogen-bond donors (Lipinski definition) is 3. The van der Waals surface area contributed by atoms with Gasteiger partial charge in [-0.05, 0) is 42.8 Å². The molecule has 3 rings (SSSR count). The second-order valence-electron chi connectivity index (χ2n) is 5.71. The minimum absolute atomic E-state index is 0.0956. The fraction of sp³-hybridized carbons (Fsp3) is 0.105. The highest BCUT2D eigenvalue weighted by Crippen LogP contribution is 2.30. The van der Waals surface area contributed by atoms with Crippen LogP contribution in [0.15, 0.2) is 53.8 Å². The van der Waals surface area contributed by atoms with E-state index in [0.717, 1.165) is 0 Å². The van der Waals surface area contributed by atoms with Crippen molar-refractivity contribution in [3.63, 3.8) is 0 Å². The van der Waals surface area contributed by atoms with Gasteiger partial charge in [0.2, 0.25) is 0 Å². The molecule has 0 aliphatic rings. The molecule has 0 aliphatic carbocycles. The number of fused-ring (bicyclic) bond motifs is 1. The first-order chi connectivity index (χ1) is 11.4. The fourth-order valence-corrected chi connectivity index (χ4v) is 2.72. The molecule has 24 heavy (non-hydrogen) atoms. The molecule has 0 fully saturated rings. The van der Waals surface area contributed by atoms with E-state index in [1.807, 2.05) is 6.07 Å². The Morgan fingerprint density at radius 3 is 2.58 bits per heavy atom. The maximum atomic E-state index is 12.6. The number of phenols is 1. The summed E-state index contributed by atoms with van der Waals surface area (Å²) in [6, 6.07) is 12.1. The van der Waals surface area contributed by atoms with Crippen molar-refractivity contribution >= 4 is 22.3 Å². The molecule has 0 atom stereocenters. The highest BCUT2D eigenvalue weighted by atomic mass is 16.3. The average molecular weight is 322 g/mol. The lowest BCUT2D eigenvalue weighted by molar-refractivity contribution is 0.471. The molecule has 0 saturated heterocycles. The first-order valence-corrected chi connectivity index (χ1v) is 7.46. The maximum absolute atomic E-state index is 12.6. The third-order valence-corrected chi connectivity index (χ3v) is 4.07. The van der Waals surface area contributed by atoms with Gasteiger partial charge in [0, 0.05) is 23.8 Å². The van der Waals surface area contributed by atoms with Crippen LogP contribution in [-0.4, -0.2) is 14.8 Å². The van der Waals surface area contributed by atoms with Gasteiger partial charge in [0.05, 0.1) is 5.52 Å². The summed E-state index contributed by atoms with van der Waals surface area (Å²) in [6.45, 7) is 5.67. The number of hydrogen-bond acceptors (Lipinski definition) is 4. The topological polar surface area (TPSA) is 74.5 Å². The lowest BCUT2D eigenvalue weighted by Crippen LogP contribution is -2.22. The van der Waals surface area contributed by atoms with Crippen LogP contribution in [0.3, 0.4) is 0 Å². The highest BCUT2D eigenvalue weighted by molar-refractivity contribution is 5.92. The van der Waals surface area contributed by atoms with Gasteiger partial charge < -0.3 is 20.1 Å². The van der Waals surface area contributed by atoms with Crippen LogP contribution in [-0.2, 0) is 7.05 Å². The molecule has 0 saturated carbocycles. The van der Waals surface area contributed by atoms with Crippen LogP contribution < -0.4 is 10.9 Å². The van der Waals surface area contributed by atoms with Crippen molar-refractivity contribution < 1.29 is 10.2 Å². The van der Waals surface area contributed by atoms with E-state index in [2.05, 4.69) is 11.9 Å². The molecule has 5 heteroatoms.